The Morgan fingerprint density at radius 1 is 0.817 bits per heavy atom. The van der Waals surface area contributed by atoms with E-state index in [4.69, 9.17) is 9.72 Å². The minimum atomic E-state index is -3.87. The highest BCUT2D eigenvalue weighted by Gasteiger charge is 2.29. The van der Waals surface area contributed by atoms with Crippen LogP contribution in [-0.2, 0) is 32.5 Å². The third-order valence-electron chi connectivity index (χ3n) is 10.9. The van der Waals surface area contributed by atoms with Crippen LogP contribution in [0, 0.1) is 11.6 Å². The molecule has 1 N–H and O–H groups in total. The van der Waals surface area contributed by atoms with Crippen LogP contribution in [0.3, 0.4) is 0 Å². The van der Waals surface area contributed by atoms with Gasteiger partial charge in [-0.25, -0.2) is 22.2 Å². The maximum Gasteiger partial charge on any atom is 0.266 e. The van der Waals surface area contributed by atoms with Gasteiger partial charge in [0.1, 0.15) is 24.0 Å². The maximum atomic E-state index is 14.9. The Morgan fingerprint density at radius 2 is 1.50 bits per heavy atom. The quantitative estimate of drug-likeness (QED) is 0.138. The molecule has 3 heterocycles. The van der Waals surface area contributed by atoms with Gasteiger partial charge in [-0.05, 0) is 95.3 Å². The van der Waals surface area contributed by atoms with Crippen molar-refractivity contribution in [1.82, 2.24) is 29.0 Å². The highest BCUT2D eigenvalue weighted by atomic mass is 32.2. The molecule has 304 valence electrons. The van der Waals surface area contributed by atoms with Gasteiger partial charge in [-0.15, -0.1) is 0 Å². The summed E-state index contributed by atoms with van der Waals surface area (Å²) in [7, 11) is -3.87. The fraction of sp³-hybridized carbons (Fsp3) is 0.217. The van der Waals surface area contributed by atoms with Gasteiger partial charge in [0.2, 0.25) is 15.9 Å². The van der Waals surface area contributed by atoms with Crippen LogP contribution in [-0.4, -0.2) is 64.3 Å². The zero-order valence-corrected chi connectivity index (χ0v) is 33.2. The monoisotopic (exact) mass is 826 g/mol. The fourth-order valence-electron chi connectivity index (χ4n) is 7.78. The van der Waals surface area contributed by atoms with Crippen LogP contribution in [0.25, 0.3) is 38.8 Å². The first-order chi connectivity index (χ1) is 29.1. The van der Waals surface area contributed by atoms with Crippen LogP contribution in [0.4, 0.5) is 8.78 Å². The number of rotatable bonds is 12. The first-order valence-corrected chi connectivity index (χ1v) is 21.2. The summed E-state index contributed by atoms with van der Waals surface area (Å²) in [5, 5.41) is 7.83. The second-order valence-electron chi connectivity index (χ2n) is 15.1. The number of halogens is 2. The van der Waals surface area contributed by atoms with Gasteiger partial charge in [-0.1, -0.05) is 60.7 Å². The molecule has 14 heteroatoms. The first kappa shape index (κ1) is 39.1. The number of amides is 1. The molecule has 2 aromatic heterocycles. The number of carbonyl (C=O) groups is 1. The van der Waals surface area contributed by atoms with Crippen molar-refractivity contribution in [3.8, 4) is 27.9 Å². The molecule has 1 saturated carbocycles. The standard InChI is InChI=1S/C46H40F2N6O5S/c47-34-24-30(25-35(48)28-34)26-43(49-44(55)29-52-19-18-41(51-52)32-10-11-32)45-50-42-27-33(39-9-5-4-8-38(39)31-6-2-1-3-7-31)12-17-40(42)46(56)54(45)36-13-15-37(16-14-36)60(57,58)53-20-22-59-23-21-53/h1-9,12-19,24-25,27-28,32,43H,10-11,20-23,26,29H2,(H,49,55)/t43-/m0/s1. The van der Waals surface area contributed by atoms with E-state index in [1.54, 1.807) is 12.3 Å². The van der Waals surface area contributed by atoms with Crippen LogP contribution < -0.4 is 10.9 Å². The number of morpholine rings is 1. The summed E-state index contributed by atoms with van der Waals surface area (Å²) in [5.41, 5.74) is 4.89. The lowest BCUT2D eigenvalue weighted by Crippen LogP contribution is -2.40. The molecule has 5 aromatic carbocycles. The van der Waals surface area contributed by atoms with E-state index in [-0.39, 0.29) is 66.6 Å². The van der Waals surface area contributed by atoms with Crippen molar-refractivity contribution in [2.45, 2.75) is 42.7 Å². The number of hydrogen-bond acceptors (Lipinski definition) is 7. The summed E-state index contributed by atoms with van der Waals surface area (Å²) in [6.07, 6.45) is 3.67. The SMILES string of the molecule is O=C(Cn1ccc(C2CC2)n1)N[C@@H](Cc1cc(F)cc(F)c1)c1nc2cc(-c3ccccc3-c3ccccc3)ccc2c(=O)n1-c1ccc(S(=O)(=O)N2CCOCC2)cc1. The third-order valence-corrected chi connectivity index (χ3v) is 12.8. The van der Waals surface area contributed by atoms with Gasteiger partial charge >= 0.3 is 0 Å². The molecule has 0 radical (unpaired) electrons. The van der Waals surface area contributed by atoms with Crippen molar-refractivity contribution in [3.05, 3.63) is 167 Å². The van der Waals surface area contributed by atoms with Gasteiger partial charge in [-0.2, -0.15) is 9.40 Å². The fourth-order valence-corrected chi connectivity index (χ4v) is 9.19. The second-order valence-corrected chi connectivity index (χ2v) is 17.0. The number of carbonyl (C=O) groups excluding carboxylic acids is 1. The molecule has 2 fully saturated rings. The number of benzene rings is 5. The molecule has 1 aliphatic heterocycles. The topological polar surface area (TPSA) is 128 Å². The molecule has 7 aromatic rings. The molecule has 60 heavy (non-hydrogen) atoms. The minimum Gasteiger partial charge on any atom is -0.379 e. The van der Waals surface area contributed by atoms with Gasteiger partial charge in [0.15, 0.2) is 0 Å². The second kappa shape index (κ2) is 16.4. The highest BCUT2D eigenvalue weighted by molar-refractivity contribution is 7.89. The summed E-state index contributed by atoms with van der Waals surface area (Å²) >= 11 is 0. The molecule has 11 nitrogen and oxygen atoms in total. The van der Waals surface area contributed by atoms with E-state index >= 15 is 0 Å². The Kier molecular flexibility index (Phi) is 10.7. The normalized spacial score (nSPS) is 15.2. The number of aromatic nitrogens is 4. The van der Waals surface area contributed by atoms with E-state index < -0.39 is 39.2 Å². The van der Waals surface area contributed by atoms with Crippen LogP contribution in [0.5, 0.6) is 0 Å². The zero-order valence-electron chi connectivity index (χ0n) is 32.4. The molecule has 1 amide bonds. The largest absolute Gasteiger partial charge is 0.379 e. The van der Waals surface area contributed by atoms with Crippen LogP contribution in [0.15, 0.2) is 137 Å². The first-order valence-electron chi connectivity index (χ1n) is 19.8. The van der Waals surface area contributed by atoms with Crippen LogP contribution >= 0.6 is 0 Å². The molecule has 1 saturated heterocycles. The molecule has 0 spiro atoms. The molecule has 0 bridgehead atoms. The highest BCUT2D eigenvalue weighted by Crippen LogP contribution is 2.39. The number of nitrogens with zero attached hydrogens (tertiary/aromatic N) is 5. The Hall–Kier alpha value is -6.35. The number of ether oxygens (including phenoxy) is 1. The summed E-state index contributed by atoms with van der Waals surface area (Å²) in [4.78, 5) is 33.9. The summed E-state index contributed by atoms with van der Waals surface area (Å²) in [5.74, 6) is -1.63. The van der Waals surface area contributed by atoms with E-state index in [9.17, 15) is 26.8 Å². The Morgan fingerprint density at radius 3 is 2.20 bits per heavy atom. The Bertz CT molecular complexity index is 2870. The Labute approximate surface area is 344 Å². The van der Waals surface area contributed by atoms with E-state index in [2.05, 4.69) is 10.4 Å². The molecule has 1 aliphatic carbocycles. The molecule has 1 atom stereocenters. The van der Waals surface area contributed by atoms with Crippen molar-refractivity contribution in [2.75, 3.05) is 26.3 Å². The predicted molar refractivity (Wildman–Crippen MR) is 223 cm³/mol. The van der Waals surface area contributed by atoms with Crippen LogP contribution in [0.2, 0.25) is 0 Å². The lowest BCUT2D eigenvalue weighted by molar-refractivity contribution is -0.122. The smallest absolute Gasteiger partial charge is 0.266 e. The van der Waals surface area contributed by atoms with Gasteiger partial charge in [0.25, 0.3) is 5.56 Å². The molecular formula is C46H40F2N6O5S. The van der Waals surface area contributed by atoms with Gasteiger partial charge in [-0.3, -0.25) is 18.8 Å². The van der Waals surface area contributed by atoms with Gasteiger partial charge in [0.05, 0.1) is 46.4 Å². The average molecular weight is 827 g/mol. The Balaban J connectivity index is 1.19. The lowest BCUT2D eigenvalue weighted by atomic mass is 9.94. The number of hydrogen-bond donors (Lipinski definition) is 1. The van der Waals surface area contributed by atoms with Crippen molar-refractivity contribution in [1.29, 1.82) is 0 Å². The summed E-state index contributed by atoms with van der Waals surface area (Å²) in [6.45, 7) is 0.823. The average Bonchev–Trinajstić information content (AvgIpc) is 4.01. The van der Waals surface area contributed by atoms with Crippen molar-refractivity contribution >= 4 is 26.8 Å². The van der Waals surface area contributed by atoms with Gasteiger partial charge < -0.3 is 10.1 Å². The van der Waals surface area contributed by atoms with E-state index in [1.165, 1.54) is 50.0 Å². The number of nitrogens with one attached hydrogen (secondary N) is 1. The summed E-state index contributed by atoms with van der Waals surface area (Å²) < 4.78 is 66.0. The van der Waals surface area contributed by atoms with Crippen molar-refractivity contribution in [2.24, 2.45) is 0 Å². The van der Waals surface area contributed by atoms with E-state index in [0.29, 0.717) is 11.4 Å². The molecule has 0 unspecified atom stereocenters. The molecule has 9 rings (SSSR count). The molecular weight excluding hydrogens is 787 g/mol. The van der Waals surface area contributed by atoms with Crippen molar-refractivity contribution in [3.63, 3.8) is 0 Å². The maximum absolute atomic E-state index is 14.9. The van der Waals surface area contributed by atoms with Crippen LogP contribution in [0.1, 0.15) is 41.9 Å². The zero-order chi connectivity index (χ0) is 41.4. The third kappa shape index (κ3) is 8.13. The van der Waals surface area contributed by atoms with Gasteiger partial charge in [0, 0.05) is 37.7 Å². The minimum absolute atomic E-state index is 0.0306. The number of sulfonamides is 1. The van der Waals surface area contributed by atoms with Crippen molar-refractivity contribution < 1.29 is 26.7 Å². The van der Waals surface area contributed by atoms with E-state index in [0.717, 1.165) is 46.9 Å². The molecule has 2 aliphatic rings. The lowest BCUT2D eigenvalue weighted by Gasteiger charge is -2.26. The predicted octanol–water partition coefficient (Wildman–Crippen LogP) is 7.19. The number of fused-ring (bicyclic) bond motifs is 1. The summed E-state index contributed by atoms with van der Waals surface area (Å²) in [6, 6.07) is 32.9. The van der Waals surface area contributed by atoms with E-state index in [1.807, 2.05) is 72.8 Å².